The van der Waals surface area contributed by atoms with E-state index in [0.29, 0.717) is 24.2 Å². The van der Waals surface area contributed by atoms with Crippen LogP contribution in [0.5, 0.6) is 11.5 Å². The van der Waals surface area contributed by atoms with E-state index in [9.17, 15) is 24.0 Å². The number of hydrogen-bond donors (Lipinski definition) is 4. The highest BCUT2D eigenvalue weighted by molar-refractivity contribution is 5.92. The van der Waals surface area contributed by atoms with Gasteiger partial charge in [-0.25, -0.2) is 9.87 Å². The molecule has 3 rings (SSSR count). The van der Waals surface area contributed by atoms with Crippen molar-refractivity contribution in [2.75, 3.05) is 6.61 Å². The number of carbonyl (C=O) groups is 3. The van der Waals surface area contributed by atoms with Gasteiger partial charge in [-0.3, -0.25) is 19.6 Å². The van der Waals surface area contributed by atoms with E-state index >= 15 is 0 Å². The lowest BCUT2D eigenvalue weighted by molar-refractivity contribution is -0.151. The van der Waals surface area contributed by atoms with Crippen LogP contribution in [-0.4, -0.2) is 41.7 Å². The zero-order chi connectivity index (χ0) is 33.0. The summed E-state index contributed by atoms with van der Waals surface area (Å²) in [6, 6.07) is 21.8. The molecule has 0 saturated heterocycles. The molecular formula is C35H44FN3O6. The molecule has 4 unspecified atom stereocenters. The number of hydrogen-bond acceptors (Lipinski definition) is 6. The molecule has 10 heteroatoms. The predicted octanol–water partition coefficient (Wildman–Crippen LogP) is 5.88. The smallest absolute Gasteiger partial charge is 0.273 e. The molecule has 0 spiro atoms. The Morgan fingerprint density at radius 2 is 1.53 bits per heavy atom. The van der Waals surface area contributed by atoms with Crippen LogP contribution in [0.1, 0.15) is 64.6 Å². The summed E-state index contributed by atoms with van der Waals surface area (Å²) in [6.45, 7) is 9.13. The van der Waals surface area contributed by atoms with Gasteiger partial charge in [0, 0.05) is 6.61 Å². The summed E-state index contributed by atoms with van der Waals surface area (Å²) in [6.07, 6.45) is -0.378. The third kappa shape index (κ3) is 10.4. The van der Waals surface area contributed by atoms with Gasteiger partial charge in [0.2, 0.25) is 11.8 Å². The molecule has 0 aromatic heterocycles. The number of halogens is 1. The van der Waals surface area contributed by atoms with Crippen LogP contribution in [0.15, 0.2) is 78.9 Å². The summed E-state index contributed by atoms with van der Waals surface area (Å²) in [5.74, 6) is -2.80. The molecule has 0 heterocycles. The Bertz CT molecular complexity index is 1400. The predicted molar refractivity (Wildman–Crippen MR) is 169 cm³/mol. The number of hydroxylamine groups is 1. The third-order valence-electron chi connectivity index (χ3n) is 7.44. The zero-order valence-electron chi connectivity index (χ0n) is 26.5. The number of ether oxygens (including phenoxy) is 2. The molecule has 9 nitrogen and oxygen atoms in total. The minimum absolute atomic E-state index is 0.0892. The van der Waals surface area contributed by atoms with Gasteiger partial charge in [0.05, 0.1) is 12.0 Å². The van der Waals surface area contributed by atoms with Crippen LogP contribution in [0, 0.1) is 17.2 Å². The number of aryl methyl sites for hydroxylation is 1. The number of para-hydroxylation sites is 1. The number of carbonyl (C=O) groups excluding carboxylic acids is 3. The highest BCUT2D eigenvalue weighted by atomic mass is 19.1. The maximum absolute atomic E-state index is 14.8. The SMILES string of the molecule is CCOC(C(=O)NO)C(CCCc1ccc(Oc2ccccc2)c(F)c1)C(=O)NC(C(=O)NC(C)c1ccccc1)C(C)(C)C. The Hall–Kier alpha value is -4.28. The molecule has 0 bridgehead atoms. The second-order valence-electron chi connectivity index (χ2n) is 12.0. The largest absolute Gasteiger partial charge is 0.454 e. The van der Waals surface area contributed by atoms with Gasteiger partial charge in [-0.1, -0.05) is 75.4 Å². The Morgan fingerprint density at radius 1 is 0.889 bits per heavy atom. The molecule has 4 atom stereocenters. The van der Waals surface area contributed by atoms with E-state index in [4.69, 9.17) is 9.47 Å². The van der Waals surface area contributed by atoms with E-state index < -0.39 is 41.1 Å². The summed E-state index contributed by atoms with van der Waals surface area (Å²) in [7, 11) is 0. The van der Waals surface area contributed by atoms with E-state index in [2.05, 4.69) is 10.6 Å². The summed E-state index contributed by atoms with van der Waals surface area (Å²) < 4.78 is 26.1. The van der Waals surface area contributed by atoms with E-state index in [-0.39, 0.29) is 30.7 Å². The highest BCUT2D eigenvalue weighted by Crippen LogP contribution is 2.27. The van der Waals surface area contributed by atoms with E-state index in [1.54, 1.807) is 48.8 Å². The Labute approximate surface area is 264 Å². The van der Waals surface area contributed by atoms with Crippen LogP contribution in [0.3, 0.4) is 0 Å². The van der Waals surface area contributed by atoms with Crippen molar-refractivity contribution in [3.05, 3.63) is 95.8 Å². The summed E-state index contributed by atoms with van der Waals surface area (Å²) >= 11 is 0. The fourth-order valence-corrected chi connectivity index (χ4v) is 5.01. The van der Waals surface area contributed by atoms with Crippen molar-refractivity contribution in [2.45, 2.75) is 72.1 Å². The second-order valence-corrected chi connectivity index (χ2v) is 12.0. The fraction of sp³-hybridized carbons (Fsp3) is 0.400. The van der Waals surface area contributed by atoms with Crippen molar-refractivity contribution in [3.63, 3.8) is 0 Å². The molecule has 3 aromatic rings. The van der Waals surface area contributed by atoms with Crippen molar-refractivity contribution >= 4 is 17.7 Å². The lowest BCUT2D eigenvalue weighted by Gasteiger charge is -2.34. The first kappa shape index (κ1) is 35.2. The van der Waals surface area contributed by atoms with Gasteiger partial charge in [0.25, 0.3) is 5.91 Å². The summed E-state index contributed by atoms with van der Waals surface area (Å²) in [5, 5.41) is 15.2. The van der Waals surface area contributed by atoms with Crippen LogP contribution in [-0.2, 0) is 25.5 Å². The van der Waals surface area contributed by atoms with Crippen LogP contribution >= 0.6 is 0 Å². The number of nitrogens with one attached hydrogen (secondary N) is 3. The minimum Gasteiger partial charge on any atom is -0.454 e. The van der Waals surface area contributed by atoms with Gasteiger partial charge in [-0.05, 0) is 73.9 Å². The maximum atomic E-state index is 14.8. The zero-order valence-corrected chi connectivity index (χ0v) is 26.5. The lowest BCUT2D eigenvalue weighted by atomic mass is 9.84. The molecule has 242 valence electrons. The van der Waals surface area contributed by atoms with Crippen molar-refractivity contribution in [1.29, 1.82) is 0 Å². The van der Waals surface area contributed by atoms with Gasteiger partial charge in [-0.2, -0.15) is 0 Å². The topological polar surface area (TPSA) is 126 Å². The van der Waals surface area contributed by atoms with Gasteiger partial charge < -0.3 is 20.1 Å². The normalized spacial score (nSPS) is 14.0. The molecule has 0 saturated carbocycles. The third-order valence-corrected chi connectivity index (χ3v) is 7.44. The van der Waals surface area contributed by atoms with E-state index in [0.717, 1.165) is 5.56 Å². The van der Waals surface area contributed by atoms with Gasteiger partial charge in [0.15, 0.2) is 11.6 Å². The van der Waals surface area contributed by atoms with E-state index in [1.165, 1.54) is 6.07 Å². The van der Waals surface area contributed by atoms with Crippen molar-refractivity contribution in [1.82, 2.24) is 16.1 Å². The number of benzene rings is 3. The van der Waals surface area contributed by atoms with Crippen molar-refractivity contribution in [3.8, 4) is 11.5 Å². The average molecular weight is 622 g/mol. The van der Waals surface area contributed by atoms with Gasteiger partial charge >= 0.3 is 0 Å². The first-order valence-electron chi connectivity index (χ1n) is 15.2. The number of rotatable bonds is 15. The molecule has 0 aliphatic rings. The second kappa shape index (κ2) is 16.7. The molecule has 3 amide bonds. The first-order chi connectivity index (χ1) is 21.4. The first-order valence-corrected chi connectivity index (χ1v) is 15.2. The van der Waals surface area contributed by atoms with E-state index in [1.807, 2.05) is 64.1 Å². The average Bonchev–Trinajstić information content (AvgIpc) is 3.02. The van der Waals surface area contributed by atoms with Crippen molar-refractivity contribution in [2.24, 2.45) is 11.3 Å². The molecule has 45 heavy (non-hydrogen) atoms. The van der Waals surface area contributed by atoms with Gasteiger partial charge in [0.1, 0.15) is 17.9 Å². The molecule has 3 aromatic carbocycles. The van der Waals surface area contributed by atoms with Gasteiger partial charge in [-0.15, -0.1) is 0 Å². The Balaban J connectivity index is 1.75. The Morgan fingerprint density at radius 3 is 2.11 bits per heavy atom. The highest BCUT2D eigenvalue weighted by Gasteiger charge is 2.39. The molecule has 4 N–H and O–H groups in total. The lowest BCUT2D eigenvalue weighted by Crippen LogP contribution is -2.57. The summed E-state index contributed by atoms with van der Waals surface area (Å²) in [4.78, 5) is 39.9. The quantitative estimate of drug-likeness (QED) is 0.124. The molecule has 0 aliphatic carbocycles. The van der Waals surface area contributed by atoms with Crippen LogP contribution in [0.4, 0.5) is 4.39 Å². The number of amides is 3. The Kier molecular flexibility index (Phi) is 13.1. The summed E-state index contributed by atoms with van der Waals surface area (Å²) in [5.41, 5.74) is 2.50. The minimum atomic E-state index is -1.31. The van der Waals surface area contributed by atoms with Crippen LogP contribution in [0.25, 0.3) is 0 Å². The monoisotopic (exact) mass is 621 g/mol. The molecule has 0 aliphatic heterocycles. The molecule has 0 fully saturated rings. The van der Waals surface area contributed by atoms with Crippen LogP contribution < -0.4 is 20.9 Å². The maximum Gasteiger partial charge on any atom is 0.273 e. The molecule has 0 radical (unpaired) electrons. The fourth-order valence-electron chi connectivity index (χ4n) is 5.01. The standard InChI is InChI=1S/C35H44FN3O6/c1-6-44-30(33(41)39-43)27(19-13-14-24-20-21-29(28(36)22-24)45-26-17-11-8-12-18-26)32(40)38-31(35(3,4)5)34(42)37-23(2)25-15-9-7-10-16-25/h7-12,15-18,20-23,27,30-31,43H,6,13-14,19H2,1-5H3,(H,37,42)(H,38,40)(H,39,41). The van der Waals surface area contributed by atoms with Crippen LogP contribution in [0.2, 0.25) is 0 Å². The van der Waals surface area contributed by atoms with Crippen molar-refractivity contribution < 1.29 is 33.5 Å². The molecular weight excluding hydrogens is 577 g/mol.